The molecule has 9 nitrogen and oxygen atoms in total. The van der Waals surface area contributed by atoms with Crippen LogP contribution in [0.1, 0.15) is 50.0 Å². The van der Waals surface area contributed by atoms with Crippen molar-refractivity contribution >= 4 is 42.7 Å². The molecule has 0 bridgehead atoms. The average molecular weight is 582 g/mol. The number of methoxy groups -OCH3 is 1. The largest absolute Gasteiger partial charge is 0.481 e. The molecule has 40 heavy (non-hydrogen) atoms. The molecule has 0 aliphatic heterocycles. The standard InChI is InChI=1S/C29H35N5O4S2/c1-34(2)22-12-10-21(11-13-22)33-40(36,37)23-14-8-20(9-15-23)24(18-19-6-4-5-7-19)27(35)32-29-30-25-16-17-26(38-3)31-28(25)39-29/h8-12,14-17,19,22,24,33H,4-7,13,18H2,1-3H3,(H,30,32,35). The van der Waals surface area contributed by atoms with Gasteiger partial charge in [0.2, 0.25) is 11.8 Å². The predicted molar refractivity (Wildman–Crippen MR) is 158 cm³/mol. The number of nitrogens with one attached hydrogen (secondary N) is 2. The van der Waals surface area contributed by atoms with Gasteiger partial charge < -0.3 is 15.0 Å². The first kappa shape index (κ1) is 28.3. The van der Waals surface area contributed by atoms with E-state index in [9.17, 15) is 13.2 Å². The first-order valence-electron chi connectivity index (χ1n) is 13.5. The number of nitrogens with zero attached hydrogens (tertiary/aromatic N) is 3. The highest BCUT2D eigenvalue weighted by molar-refractivity contribution is 7.89. The van der Waals surface area contributed by atoms with Gasteiger partial charge in [0.1, 0.15) is 10.3 Å². The molecule has 2 atom stereocenters. The van der Waals surface area contributed by atoms with E-state index in [1.54, 1.807) is 43.5 Å². The first-order valence-corrected chi connectivity index (χ1v) is 15.8. The molecular formula is C29H35N5O4S2. The summed E-state index contributed by atoms with van der Waals surface area (Å²) in [4.78, 5) is 25.4. The van der Waals surface area contributed by atoms with Gasteiger partial charge in [0.15, 0.2) is 5.13 Å². The SMILES string of the molecule is COc1ccc2nc(NC(=O)C(CC3CCCC3)c3ccc(S(=O)(=O)NC4=CCC(N(C)C)C=C4)cc3)sc2n1. The number of hydrogen-bond donors (Lipinski definition) is 2. The number of sulfonamides is 1. The van der Waals surface area contributed by atoms with Crippen molar-refractivity contribution in [3.05, 3.63) is 65.9 Å². The molecule has 212 valence electrons. The Kier molecular flexibility index (Phi) is 8.53. The zero-order valence-corrected chi connectivity index (χ0v) is 24.6. The third kappa shape index (κ3) is 6.54. The van der Waals surface area contributed by atoms with Crippen LogP contribution < -0.4 is 14.8 Å². The summed E-state index contributed by atoms with van der Waals surface area (Å²) in [5, 5.41) is 3.47. The highest BCUT2D eigenvalue weighted by Crippen LogP contribution is 2.36. The van der Waals surface area contributed by atoms with Crippen molar-refractivity contribution in [1.29, 1.82) is 0 Å². The fourth-order valence-electron chi connectivity index (χ4n) is 5.29. The number of pyridine rings is 1. The van der Waals surface area contributed by atoms with E-state index in [4.69, 9.17) is 4.74 Å². The van der Waals surface area contributed by atoms with Crippen LogP contribution in [0.4, 0.5) is 5.13 Å². The van der Waals surface area contributed by atoms with E-state index in [1.807, 2.05) is 32.3 Å². The first-order chi connectivity index (χ1) is 19.2. The van der Waals surface area contributed by atoms with Crippen molar-refractivity contribution < 1.29 is 17.9 Å². The smallest absolute Gasteiger partial charge is 0.261 e. The van der Waals surface area contributed by atoms with Crippen molar-refractivity contribution in [2.24, 2.45) is 5.92 Å². The topological polar surface area (TPSA) is 114 Å². The normalized spacial score (nSPS) is 18.6. The van der Waals surface area contributed by atoms with Crippen molar-refractivity contribution in [3.8, 4) is 5.88 Å². The number of fused-ring (bicyclic) bond motifs is 1. The Morgan fingerprint density at radius 2 is 1.88 bits per heavy atom. The molecule has 0 radical (unpaired) electrons. The molecule has 1 amide bonds. The maximum absolute atomic E-state index is 13.6. The summed E-state index contributed by atoms with van der Waals surface area (Å²) >= 11 is 1.30. The number of carbonyl (C=O) groups excluding carboxylic acids is 1. The fraction of sp³-hybridized carbons (Fsp3) is 0.414. The third-order valence-corrected chi connectivity index (χ3v) is 9.89. The summed E-state index contributed by atoms with van der Waals surface area (Å²) < 4.78 is 34.0. The number of allylic oxidation sites excluding steroid dienone is 1. The second-order valence-corrected chi connectivity index (χ2v) is 13.2. The molecule has 1 saturated carbocycles. The quantitative estimate of drug-likeness (QED) is 0.344. The van der Waals surface area contributed by atoms with Crippen LogP contribution in [0, 0.1) is 5.92 Å². The van der Waals surface area contributed by atoms with Crippen LogP contribution in [0.2, 0.25) is 0 Å². The van der Waals surface area contributed by atoms with Crippen LogP contribution >= 0.6 is 11.3 Å². The number of likely N-dealkylation sites (N-methyl/N-ethyl adjacent to an activating group) is 1. The number of thiazole rings is 1. The molecule has 2 aliphatic rings. The second-order valence-electron chi connectivity index (χ2n) is 10.6. The van der Waals surface area contributed by atoms with Gasteiger partial charge in [-0.15, -0.1) is 0 Å². The molecule has 1 aromatic carbocycles. The fourth-order valence-corrected chi connectivity index (χ4v) is 7.20. The van der Waals surface area contributed by atoms with Crippen LogP contribution in [0.15, 0.2) is 65.2 Å². The van der Waals surface area contributed by atoms with Gasteiger partial charge in [0.05, 0.1) is 17.9 Å². The monoisotopic (exact) mass is 581 g/mol. The highest BCUT2D eigenvalue weighted by Gasteiger charge is 2.28. The molecule has 3 aromatic rings. The molecule has 2 unspecified atom stereocenters. The number of anilines is 1. The van der Waals surface area contributed by atoms with Gasteiger partial charge in [-0.05, 0) is 62.7 Å². The van der Waals surface area contributed by atoms with Gasteiger partial charge >= 0.3 is 0 Å². The Bertz CT molecular complexity index is 1520. The molecule has 1 fully saturated rings. The lowest BCUT2D eigenvalue weighted by Crippen LogP contribution is -2.29. The minimum atomic E-state index is -3.76. The number of aromatic nitrogens is 2. The predicted octanol–water partition coefficient (Wildman–Crippen LogP) is 5.05. The molecule has 2 aliphatic carbocycles. The van der Waals surface area contributed by atoms with Gasteiger partial charge in [-0.1, -0.05) is 61.3 Å². The average Bonchev–Trinajstić information content (AvgIpc) is 3.60. The minimum absolute atomic E-state index is 0.153. The Balaban J connectivity index is 1.33. The third-order valence-electron chi connectivity index (χ3n) is 7.61. The molecule has 2 aromatic heterocycles. The van der Waals surface area contributed by atoms with Crippen molar-refractivity contribution in [2.45, 2.75) is 55.4 Å². The van der Waals surface area contributed by atoms with Crippen molar-refractivity contribution in [2.75, 3.05) is 26.5 Å². The molecular weight excluding hydrogens is 546 g/mol. The number of amides is 1. The van der Waals surface area contributed by atoms with Gasteiger partial charge in [0.25, 0.3) is 10.0 Å². The lowest BCUT2D eigenvalue weighted by molar-refractivity contribution is -0.118. The van der Waals surface area contributed by atoms with E-state index < -0.39 is 15.9 Å². The van der Waals surface area contributed by atoms with E-state index in [0.717, 1.165) is 24.8 Å². The summed E-state index contributed by atoms with van der Waals surface area (Å²) in [5.74, 6) is 0.373. The molecule has 5 rings (SSSR count). The van der Waals surface area contributed by atoms with Crippen LogP contribution in [-0.4, -0.2) is 56.4 Å². The van der Waals surface area contributed by atoms with E-state index in [1.165, 1.54) is 24.2 Å². The maximum Gasteiger partial charge on any atom is 0.261 e. The van der Waals surface area contributed by atoms with Crippen LogP contribution in [0.3, 0.4) is 0 Å². The summed E-state index contributed by atoms with van der Waals surface area (Å²) in [7, 11) is 1.78. The molecule has 2 heterocycles. The second kappa shape index (κ2) is 12.1. The van der Waals surface area contributed by atoms with E-state index in [2.05, 4.69) is 24.9 Å². The van der Waals surface area contributed by atoms with Crippen molar-refractivity contribution in [3.63, 3.8) is 0 Å². The minimum Gasteiger partial charge on any atom is -0.481 e. The zero-order chi connectivity index (χ0) is 28.3. The Labute approximate surface area is 239 Å². The summed E-state index contributed by atoms with van der Waals surface area (Å²) in [6.07, 6.45) is 11.7. The van der Waals surface area contributed by atoms with Gasteiger partial charge in [-0.3, -0.25) is 9.52 Å². The Morgan fingerprint density at radius 1 is 1.12 bits per heavy atom. The van der Waals surface area contributed by atoms with Gasteiger partial charge in [0, 0.05) is 17.8 Å². The number of hydrogen-bond acceptors (Lipinski definition) is 8. The summed E-state index contributed by atoms with van der Waals surface area (Å²) in [6.45, 7) is 0. The van der Waals surface area contributed by atoms with Gasteiger partial charge in [-0.25, -0.2) is 18.4 Å². The maximum atomic E-state index is 13.6. The van der Waals surface area contributed by atoms with Crippen LogP contribution in [0.5, 0.6) is 5.88 Å². The summed E-state index contributed by atoms with van der Waals surface area (Å²) in [5.41, 5.74) is 2.04. The molecule has 0 spiro atoms. The van der Waals surface area contributed by atoms with Crippen LogP contribution in [0.25, 0.3) is 10.3 Å². The molecule has 0 saturated heterocycles. The Morgan fingerprint density at radius 3 is 2.52 bits per heavy atom. The van der Waals surface area contributed by atoms with Gasteiger partial charge in [-0.2, -0.15) is 0 Å². The molecule has 2 N–H and O–H groups in total. The number of ether oxygens (including phenoxy) is 1. The molecule has 11 heteroatoms. The summed E-state index contributed by atoms with van der Waals surface area (Å²) in [6, 6.07) is 10.5. The number of rotatable bonds is 10. The lowest BCUT2D eigenvalue weighted by atomic mass is 9.87. The van der Waals surface area contributed by atoms with E-state index >= 15 is 0 Å². The number of benzene rings is 1. The highest BCUT2D eigenvalue weighted by atomic mass is 32.2. The van der Waals surface area contributed by atoms with Crippen LogP contribution in [-0.2, 0) is 14.8 Å². The Hall–Kier alpha value is -3.28. The number of carbonyl (C=O) groups is 1. The zero-order valence-electron chi connectivity index (χ0n) is 23.0. The van der Waals surface area contributed by atoms with E-state index in [0.29, 0.717) is 39.4 Å². The lowest BCUT2D eigenvalue weighted by Gasteiger charge is -2.23. The van der Waals surface area contributed by atoms with E-state index in [-0.39, 0.29) is 16.8 Å². The van der Waals surface area contributed by atoms with Crippen molar-refractivity contribution in [1.82, 2.24) is 19.6 Å².